The number of imide groups is 1. The van der Waals surface area contributed by atoms with Crippen molar-refractivity contribution in [3.63, 3.8) is 0 Å². The lowest BCUT2D eigenvalue weighted by Crippen LogP contribution is -2.60. The molecule has 636 valence electrons. The third-order valence-corrected chi connectivity index (χ3v) is 24.4. The van der Waals surface area contributed by atoms with Gasteiger partial charge >= 0.3 is 0 Å². The highest BCUT2D eigenvalue weighted by Gasteiger charge is 2.51. The van der Waals surface area contributed by atoms with E-state index < -0.39 is 204 Å². The first kappa shape index (κ1) is 86.8. The molecule has 16 rings (SSSR count). The van der Waals surface area contributed by atoms with Crippen molar-refractivity contribution in [3.8, 4) is 68.6 Å². The van der Waals surface area contributed by atoms with Crippen LogP contribution in [0.25, 0.3) is 11.1 Å². The Hall–Kier alpha value is -10.0. The van der Waals surface area contributed by atoms with Crippen molar-refractivity contribution in [2.45, 2.75) is 164 Å². The fraction of sp³-hybridized carbons (Fsp3) is 0.477. The van der Waals surface area contributed by atoms with Crippen LogP contribution in [0.15, 0.2) is 97.1 Å². The maximum Gasteiger partial charge on any atom is 0.258 e. The number of halogens is 2. The third-order valence-electron chi connectivity index (χ3n) is 23.8. The molecule has 0 spiro atoms. The maximum atomic E-state index is 16.6. The summed E-state index contributed by atoms with van der Waals surface area (Å²) < 4.78 is 37.5. The van der Waals surface area contributed by atoms with E-state index >= 15 is 28.8 Å². The van der Waals surface area contributed by atoms with Crippen LogP contribution in [-0.2, 0) is 43.1 Å². The summed E-state index contributed by atoms with van der Waals surface area (Å²) in [4.78, 5) is 140. The fourth-order valence-corrected chi connectivity index (χ4v) is 18.3. The van der Waals surface area contributed by atoms with Gasteiger partial charge in [-0.1, -0.05) is 62.2 Å². The monoisotopic (exact) mass is 1680 g/mol. The lowest BCUT2D eigenvalue weighted by molar-refractivity contribution is -0.277. The third kappa shape index (κ3) is 19.2. The number of hydrogen-bond donors (Lipinski definition) is 16. The number of hydrogen-bond acceptors (Lipinski definition) is 26. The molecule has 4 aliphatic carbocycles. The van der Waals surface area contributed by atoms with Crippen LogP contribution in [0.3, 0.4) is 0 Å². The molecular weight excluding hydrogens is 1590 g/mol. The standard InChI is InChI=1S/C86H99Cl2N7O24/c1-6-41(17-38(2)3)81(109)94-73-61(100)28-49(31-69(103)91-82(110)48-23-51(114-15-13-89-4)34-52(24-48)115-16-14-90-5)83(111)92-71-47-29-66(116-64-11-8-43(75(73)104)26-57(64)87)80(119-86-79(108)78(107)77(106)68(37-96)118-86)67(30-47)117-65-12-9-44(27-58(65)88)76(105)74-85(113)93-72(63(102)35-53-45-19-39-18-40(21-45)22-46(53)20-39)56-32-50(97)33-60(99)70(56)55-25-42(7-10-59(55)98)54(36-62(71)101)84(112)95-74/h7-12,23-27,29-30,32-34,38-41,45-46,49,53-54,68,71-79,86,89-90,96-99,104-108H,6,13-22,28,31,35-37H2,1-5H3,(H,92,111)(H,93,113)(H,94,109)(H,95,112)(H,91,103,110)/t39?,40?,41-,45?,46?,49+,53?,54-,68-,71-,72+,73+,74+,75-,76-,77-,78+,79-,86+/m1/s1. The number of ether oxygens (including phenoxy) is 6. The molecule has 5 fully saturated rings. The predicted octanol–water partition coefficient (Wildman–Crippen LogP) is 6.90. The van der Waals surface area contributed by atoms with Gasteiger partial charge in [0.2, 0.25) is 41.6 Å². The number of carbonyl (C=O) groups excluding carboxylic acids is 9. The van der Waals surface area contributed by atoms with Crippen molar-refractivity contribution in [2.24, 2.45) is 47.3 Å². The number of likely N-dealkylation sites (N-methyl/N-ethyl adjacent to an activating group) is 2. The zero-order valence-corrected chi connectivity index (χ0v) is 67.5. The van der Waals surface area contributed by atoms with Crippen LogP contribution in [0.5, 0.6) is 57.5 Å². The zero-order valence-electron chi connectivity index (χ0n) is 66.0. The Bertz CT molecular complexity index is 4820. The molecule has 33 heteroatoms. The number of fused-ring (bicyclic) bond motifs is 15. The van der Waals surface area contributed by atoms with Gasteiger partial charge < -0.3 is 106 Å². The predicted molar refractivity (Wildman–Crippen MR) is 428 cm³/mol. The Kier molecular flexibility index (Phi) is 27.2. The summed E-state index contributed by atoms with van der Waals surface area (Å²) >= 11 is 14.4. The highest BCUT2D eigenvalue weighted by molar-refractivity contribution is 6.32. The van der Waals surface area contributed by atoms with Gasteiger partial charge in [-0.2, -0.15) is 0 Å². The van der Waals surface area contributed by atoms with Gasteiger partial charge in [0.15, 0.2) is 28.8 Å². The van der Waals surface area contributed by atoms with E-state index in [-0.39, 0.29) is 122 Å². The van der Waals surface area contributed by atoms with E-state index in [0.717, 1.165) is 68.5 Å². The van der Waals surface area contributed by atoms with Gasteiger partial charge in [-0.05, 0) is 189 Å². The quantitative estimate of drug-likeness (QED) is 0.0307. The number of amides is 6. The van der Waals surface area contributed by atoms with Crippen LogP contribution >= 0.6 is 23.2 Å². The number of aromatic hydroxyl groups is 3. The summed E-state index contributed by atoms with van der Waals surface area (Å²) in [6, 6.07) is 11.2. The van der Waals surface area contributed by atoms with Gasteiger partial charge in [0.25, 0.3) is 5.91 Å². The van der Waals surface area contributed by atoms with E-state index in [9.17, 15) is 60.3 Å². The van der Waals surface area contributed by atoms with E-state index in [1.807, 2.05) is 13.8 Å². The zero-order chi connectivity index (χ0) is 85.1. The number of phenolic OH excluding ortho intramolecular Hbond substituents is 3. The average molecular weight is 1690 g/mol. The smallest absolute Gasteiger partial charge is 0.258 e. The first-order valence-corrected chi connectivity index (χ1v) is 40.8. The summed E-state index contributed by atoms with van der Waals surface area (Å²) in [6.45, 7) is 5.59. The molecule has 1 saturated heterocycles. The molecule has 16 N–H and O–H groups in total. The minimum absolute atomic E-state index is 0.0508. The Labute approximate surface area is 695 Å². The number of phenols is 3. The number of aliphatic hydroxyl groups excluding tert-OH is 6. The van der Waals surface area contributed by atoms with E-state index in [4.69, 9.17) is 51.6 Å². The topological polar surface area (TPSA) is 475 Å². The van der Waals surface area contributed by atoms with Crippen LogP contribution in [0, 0.1) is 47.3 Å². The van der Waals surface area contributed by atoms with E-state index in [1.54, 1.807) is 21.0 Å². The van der Waals surface area contributed by atoms with Crippen LogP contribution in [0.4, 0.5) is 0 Å². The van der Waals surface area contributed by atoms with Crippen LogP contribution in [0.1, 0.15) is 160 Å². The first-order chi connectivity index (χ1) is 56.9. The molecular formula is C86H99Cl2N7O24. The molecule has 6 aliphatic heterocycles. The second kappa shape index (κ2) is 37.3. The van der Waals surface area contributed by atoms with Crippen molar-refractivity contribution in [3.05, 3.63) is 140 Å². The fourth-order valence-electron chi connectivity index (χ4n) is 17.9. The number of benzene rings is 6. The normalized spacial score (nSPS) is 27.5. The van der Waals surface area contributed by atoms with E-state index in [1.165, 1.54) is 60.7 Å². The van der Waals surface area contributed by atoms with Gasteiger partial charge in [0.05, 0.1) is 28.5 Å². The molecule has 6 amide bonds. The van der Waals surface area contributed by atoms with Crippen LogP contribution < -0.4 is 60.9 Å². The molecule has 14 atom stereocenters. The van der Waals surface area contributed by atoms with Crippen molar-refractivity contribution in [1.29, 1.82) is 0 Å². The second-order valence-electron chi connectivity index (χ2n) is 32.5. The minimum Gasteiger partial charge on any atom is -0.508 e. The molecule has 0 unspecified atom stereocenters. The number of Topliss-reactive ketones (excluding diaryl/α,β-unsaturated/α-hetero) is 3. The molecule has 31 nitrogen and oxygen atoms in total. The molecule has 6 heterocycles. The van der Waals surface area contributed by atoms with E-state index in [0.29, 0.717) is 31.3 Å². The lowest BCUT2D eigenvalue weighted by Gasteiger charge is -2.54. The Morgan fingerprint density at radius 2 is 1.24 bits per heavy atom. The highest BCUT2D eigenvalue weighted by atomic mass is 35.5. The highest BCUT2D eigenvalue weighted by Crippen LogP contribution is 2.58. The summed E-state index contributed by atoms with van der Waals surface area (Å²) in [5.74, 6) is -17.0. The van der Waals surface area contributed by atoms with Gasteiger partial charge in [-0.25, -0.2) is 0 Å². The number of carbonyl (C=O) groups is 9. The summed E-state index contributed by atoms with van der Waals surface area (Å²) in [5.41, 5.74) is -1.82. The van der Waals surface area contributed by atoms with Crippen molar-refractivity contribution in [2.75, 3.05) is 47.0 Å². The molecule has 6 aromatic carbocycles. The van der Waals surface area contributed by atoms with Gasteiger partial charge in [0, 0.05) is 73.5 Å². The minimum atomic E-state index is -2.24. The van der Waals surface area contributed by atoms with Gasteiger partial charge in [0.1, 0.15) is 114 Å². The van der Waals surface area contributed by atoms with Crippen molar-refractivity contribution < 1.29 is 118 Å². The Morgan fingerprint density at radius 1 is 0.622 bits per heavy atom. The van der Waals surface area contributed by atoms with E-state index in [2.05, 4.69) is 37.2 Å². The molecule has 0 radical (unpaired) electrons. The van der Waals surface area contributed by atoms with Gasteiger partial charge in [-0.15, -0.1) is 0 Å². The summed E-state index contributed by atoms with van der Waals surface area (Å²) in [7, 11) is 3.40. The molecule has 4 saturated carbocycles. The molecule has 119 heavy (non-hydrogen) atoms. The van der Waals surface area contributed by atoms with Crippen LogP contribution in [-0.4, -0.2) is 189 Å². The summed E-state index contributed by atoms with van der Waals surface area (Å²) in [5, 5.41) is 124. The summed E-state index contributed by atoms with van der Waals surface area (Å²) in [6.07, 6.45) is -12.0. The average Bonchev–Trinajstić information content (AvgIpc) is 0.759. The molecule has 15 bridgehead atoms. The van der Waals surface area contributed by atoms with Crippen LogP contribution in [0.2, 0.25) is 10.0 Å². The van der Waals surface area contributed by atoms with Crippen molar-refractivity contribution in [1.82, 2.24) is 37.2 Å². The maximum absolute atomic E-state index is 16.6. The molecule has 10 aliphatic rings. The lowest BCUT2D eigenvalue weighted by atomic mass is 9.51. The Balaban J connectivity index is 0.996. The first-order valence-electron chi connectivity index (χ1n) is 40.1. The largest absolute Gasteiger partial charge is 0.508 e. The Morgan fingerprint density at radius 3 is 1.82 bits per heavy atom. The second-order valence-corrected chi connectivity index (χ2v) is 33.3. The number of aliphatic hydroxyl groups is 6. The number of nitrogens with one attached hydrogen (secondary N) is 7. The SMILES string of the molecule is CC[C@H](CC(C)C)C(=O)N[C@H]1C(=O)C[C@@H](CC(=O)NC(=O)c2cc(OCCNC)cc(OCCNC)c2)C(=O)N[C@H]2C(=O)C[C@H]3C(=O)N[C@H](C(=O)N[C@H](C(=O)CC4C5CC6CC(C5)CC4C6)c4cc(O)cc(O)c4-c4cc3ccc4O)[C@H](O)c3ccc(c(Cl)c3)Oc3cc2cc(c3O[C@@H]2O[C@H](CO)[C@@H](O)[C@H](O)[C@H]2O)Oc2ccc(cc2Cl)[C@H]1O. The molecule has 6 aromatic rings. The molecule has 0 aromatic heterocycles. The van der Waals surface area contributed by atoms with Crippen molar-refractivity contribution >= 4 is 76.0 Å². The van der Waals surface area contributed by atoms with Gasteiger partial charge in [-0.3, -0.25) is 48.5 Å². The number of ketones is 3. The number of rotatable bonds is 22.